The molecule has 2 aromatic heterocycles. The zero-order valence-electron chi connectivity index (χ0n) is 8.05. The lowest BCUT2D eigenvalue weighted by Gasteiger charge is -2.02. The number of hydrogen-bond acceptors (Lipinski definition) is 3. The molecule has 76 valence electrons. The van der Waals surface area contributed by atoms with Crippen LogP contribution in [-0.4, -0.2) is 19.7 Å². The molecule has 5 heteroatoms. The number of H-pyrrole nitrogens is 1. The summed E-state index contributed by atoms with van der Waals surface area (Å²) in [5, 5.41) is 4.05. The second-order valence-electron chi connectivity index (χ2n) is 3.72. The molecule has 0 saturated heterocycles. The van der Waals surface area contributed by atoms with Crippen molar-refractivity contribution >= 4 is 0 Å². The Kier molecular flexibility index (Phi) is 1.71. The summed E-state index contributed by atoms with van der Waals surface area (Å²) >= 11 is 0. The van der Waals surface area contributed by atoms with Crippen molar-refractivity contribution in [1.82, 2.24) is 19.7 Å². The first-order chi connectivity index (χ1) is 7.33. The van der Waals surface area contributed by atoms with Gasteiger partial charge < -0.3 is 4.98 Å². The van der Waals surface area contributed by atoms with E-state index in [0.29, 0.717) is 11.7 Å². The molecule has 0 amide bonds. The van der Waals surface area contributed by atoms with Gasteiger partial charge in [-0.3, -0.25) is 0 Å². The highest BCUT2D eigenvalue weighted by atomic mass is 16.1. The summed E-state index contributed by atoms with van der Waals surface area (Å²) in [5.74, 6) is 1.10. The summed E-state index contributed by atoms with van der Waals surface area (Å²) in [6, 6.07) is 3.70. The Hall–Kier alpha value is -1.91. The van der Waals surface area contributed by atoms with Gasteiger partial charge in [0.25, 0.3) is 0 Å². The monoisotopic (exact) mass is 202 g/mol. The normalized spacial score (nSPS) is 15.5. The predicted octanol–water partition coefficient (Wildman–Crippen LogP) is 0.833. The number of rotatable bonds is 2. The third-order valence-corrected chi connectivity index (χ3v) is 2.51. The highest BCUT2D eigenvalue weighted by molar-refractivity contribution is 5.26. The molecular formula is C10H10N4O. The molecule has 1 aliphatic carbocycles. The number of aromatic amines is 1. The molecule has 15 heavy (non-hydrogen) atoms. The minimum Gasteiger partial charge on any atom is -0.309 e. The Morgan fingerprint density at radius 1 is 1.47 bits per heavy atom. The smallest absolute Gasteiger partial charge is 0.309 e. The van der Waals surface area contributed by atoms with Crippen LogP contribution in [0.5, 0.6) is 0 Å². The summed E-state index contributed by atoms with van der Waals surface area (Å²) in [6.45, 7) is 0. The molecule has 2 aromatic rings. The lowest BCUT2D eigenvalue weighted by atomic mass is 10.3. The number of nitrogens with one attached hydrogen (secondary N) is 1. The molecule has 3 rings (SSSR count). The molecule has 1 saturated carbocycles. The summed E-state index contributed by atoms with van der Waals surface area (Å²) < 4.78 is 1.60. The Labute approximate surface area is 85.8 Å². The average Bonchev–Trinajstić information content (AvgIpc) is 2.93. The van der Waals surface area contributed by atoms with Crippen molar-refractivity contribution in [3.8, 4) is 5.82 Å². The van der Waals surface area contributed by atoms with E-state index < -0.39 is 0 Å². The van der Waals surface area contributed by atoms with Gasteiger partial charge in [-0.05, 0) is 24.8 Å². The van der Waals surface area contributed by atoms with Crippen molar-refractivity contribution in [3.05, 3.63) is 40.7 Å². The van der Waals surface area contributed by atoms with Gasteiger partial charge in [0.15, 0.2) is 5.82 Å². The molecule has 0 aliphatic heterocycles. The van der Waals surface area contributed by atoms with Gasteiger partial charge in [0.05, 0.1) is 0 Å². The maximum atomic E-state index is 11.3. The maximum absolute atomic E-state index is 11.3. The fourth-order valence-electron chi connectivity index (χ4n) is 1.60. The second-order valence-corrected chi connectivity index (χ2v) is 3.72. The fraction of sp³-hybridized carbons (Fsp3) is 0.300. The standard InChI is InChI=1S/C10H10N4O/c15-10-12-8(7-2-3-7)6-9(13-10)14-5-1-4-11-14/h1,4-7H,2-3H2,(H,12,13,15). The van der Waals surface area contributed by atoms with E-state index in [1.165, 1.54) is 0 Å². The quantitative estimate of drug-likeness (QED) is 0.784. The van der Waals surface area contributed by atoms with Gasteiger partial charge in [0.1, 0.15) is 0 Å². The zero-order valence-corrected chi connectivity index (χ0v) is 8.05. The largest absolute Gasteiger partial charge is 0.347 e. The van der Waals surface area contributed by atoms with E-state index in [1.54, 1.807) is 23.1 Å². The Morgan fingerprint density at radius 3 is 3.00 bits per heavy atom. The van der Waals surface area contributed by atoms with Crippen LogP contribution in [0.25, 0.3) is 5.82 Å². The van der Waals surface area contributed by atoms with Crippen molar-refractivity contribution < 1.29 is 0 Å². The summed E-state index contributed by atoms with van der Waals surface area (Å²) in [4.78, 5) is 18.0. The molecule has 0 aromatic carbocycles. The van der Waals surface area contributed by atoms with E-state index in [2.05, 4.69) is 15.1 Å². The molecule has 0 spiro atoms. The van der Waals surface area contributed by atoms with Crippen molar-refractivity contribution in [2.45, 2.75) is 18.8 Å². The van der Waals surface area contributed by atoms with Crippen LogP contribution in [0.3, 0.4) is 0 Å². The van der Waals surface area contributed by atoms with Crippen LogP contribution in [-0.2, 0) is 0 Å². The van der Waals surface area contributed by atoms with Gasteiger partial charge in [-0.25, -0.2) is 9.48 Å². The molecule has 0 bridgehead atoms. The van der Waals surface area contributed by atoms with Gasteiger partial charge in [-0.15, -0.1) is 0 Å². The van der Waals surface area contributed by atoms with Gasteiger partial charge in [0, 0.05) is 24.2 Å². The highest BCUT2D eigenvalue weighted by Crippen LogP contribution is 2.38. The molecule has 0 radical (unpaired) electrons. The summed E-state index contributed by atoms with van der Waals surface area (Å²) in [6.07, 6.45) is 5.75. The summed E-state index contributed by atoms with van der Waals surface area (Å²) in [7, 11) is 0. The predicted molar refractivity (Wildman–Crippen MR) is 54.0 cm³/mol. The minimum atomic E-state index is -0.301. The maximum Gasteiger partial charge on any atom is 0.347 e. The molecular weight excluding hydrogens is 192 g/mol. The van der Waals surface area contributed by atoms with E-state index in [1.807, 2.05) is 6.07 Å². The van der Waals surface area contributed by atoms with Gasteiger partial charge in [-0.1, -0.05) is 0 Å². The lowest BCUT2D eigenvalue weighted by Crippen LogP contribution is -2.16. The molecule has 1 aliphatic rings. The second kappa shape index (κ2) is 3.05. The first kappa shape index (κ1) is 8.40. The van der Waals surface area contributed by atoms with Crippen LogP contribution in [0, 0.1) is 0 Å². The fourth-order valence-corrected chi connectivity index (χ4v) is 1.60. The Morgan fingerprint density at radius 2 is 2.33 bits per heavy atom. The van der Waals surface area contributed by atoms with Crippen LogP contribution < -0.4 is 5.69 Å². The Balaban J connectivity index is 2.11. The molecule has 0 atom stereocenters. The first-order valence-corrected chi connectivity index (χ1v) is 4.94. The van der Waals surface area contributed by atoms with Crippen LogP contribution in [0.1, 0.15) is 24.5 Å². The summed E-state index contributed by atoms with van der Waals surface area (Å²) in [5.41, 5.74) is 0.672. The van der Waals surface area contributed by atoms with Crippen molar-refractivity contribution in [3.63, 3.8) is 0 Å². The van der Waals surface area contributed by atoms with Gasteiger partial charge in [0.2, 0.25) is 0 Å². The van der Waals surface area contributed by atoms with E-state index >= 15 is 0 Å². The van der Waals surface area contributed by atoms with E-state index in [4.69, 9.17) is 0 Å². The topological polar surface area (TPSA) is 63.6 Å². The molecule has 1 fully saturated rings. The van der Waals surface area contributed by atoms with Gasteiger partial charge >= 0.3 is 5.69 Å². The number of nitrogens with zero attached hydrogens (tertiary/aromatic N) is 3. The van der Waals surface area contributed by atoms with Crippen LogP contribution >= 0.6 is 0 Å². The van der Waals surface area contributed by atoms with E-state index in [0.717, 1.165) is 18.5 Å². The molecule has 5 nitrogen and oxygen atoms in total. The highest BCUT2D eigenvalue weighted by Gasteiger charge is 2.25. The zero-order chi connectivity index (χ0) is 10.3. The molecule has 2 heterocycles. The first-order valence-electron chi connectivity index (χ1n) is 4.94. The minimum absolute atomic E-state index is 0.301. The van der Waals surface area contributed by atoms with Gasteiger partial charge in [-0.2, -0.15) is 10.1 Å². The third-order valence-electron chi connectivity index (χ3n) is 2.51. The van der Waals surface area contributed by atoms with Crippen LogP contribution in [0.2, 0.25) is 0 Å². The van der Waals surface area contributed by atoms with Crippen LogP contribution in [0.4, 0.5) is 0 Å². The van der Waals surface area contributed by atoms with Crippen molar-refractivity contribution in [2.24, 2.45) is 0 Å². The third kappa shape index (κ3) is 1.56. The molecule has 0 unspecified atom stereocenters. The number of aromatic nitrogens is 4. The SMILES string of the molecule is O=c1nc(-n2cccn2)cc(C2CC2)[nH]1. The van der Waals surface area contributed by atoms with Crippen molar-refractivity contribution in [1.29, 1.82) is 0 Å². The number of hydrogen-bond donors (Lipinski definition) is 1. The van der Waals surface area contributed by atoms with E-state index in [9.17, 15) is 4.79 Å². The average molecular weight is 202 g/mol. The molecule has 1 N–H and O–H groups in total. The van der Waals surface area contributed by atoms with Crippen molar-refractivity contribution in [2.75, 3.05) is 0 Å². The van der Waals surface area contributed by atoms with Crippen LogP contribution in [0.15, 0.2) is 29.3 Å². The van der Waals surface area contributed by atoms with E-state index in [-0.39, 0.29) is 5.69 Å². The lowest BCUT2D eigenvalue weighted by molar-refractivity contribution is 0.813. The Bertz CT molecular complexity index is 525.